The molecule has 3 rings (SSSR count). The van der Waals surface area contributed by atoms with Gasteiger partial charge < -0.3 is 15.2 Å². The number of nitrogens with one attached hydrogen (secondary N) is 2. The first kappa shape index (κ1) is 16.3. The van der Waals surface area contributed by atoms with E-state index in [0.29, 0.717) is 28.6 Å². The third kappa shape index (κ3) is 4.05. The predicted molar refractivity (Wildman–Crippen MR) is 91.0 cm³/mol. The fourth-order valence-electron chi connectivity index (χ4n) is 2.05. The summed E-state index contributed by atoms with van der Waals surface area (Å²) < 4.78 is 4.94. The number of Topliss-reactive ketones (excluding diaryl/α,β-unsaturated/α-hetero) is 1. The Kier molecular flexibility index (Phi) is 4.51. The Morgan fingerprint density at radius 2 is 1.80 bits per heavy atom. The molecule has 2 aromatic heterocycles. The van der Waals surface area contributed by atoms with Gasteiger partial charge in [0.1, 0.15) is 17.3 Å². The lowest BCUT2D eigenvalue weighted by atomic mass is 10.1. The first-order chi connectivity index (χ1) is 12.0. The molecule has 0 saturated heterocycles. The molecule has 0 aliphatic rings. The van der Waals surface area contributed by atoms with E-state index in [1.807, 2.05) is 0 Å². The Hall–Kier alpha value is -3.55. The maximum atomic E-state index is 12.2. The minimum Gasteiger partial charge on any atom is -0.360 e. The summed E-state index contributed by atoms with van der Waals surface area (Å²) in [4.78, 5) is 31.6. The molecule has 3 aromatic rings. The number of hydrogen-bond acceptors (Lipinski definition) is 7. The molecule has 1 amide bonds. The number of hydrogen-bond donors (Lipinski definition) is 2. The highest BCUT2D eigenvalue weighted by Gasteiger charge is 2.10. The second kappa shape index (κ2) is 6.91. The van der Waals surface area contributed by atoms with Crippen LogP contribution in [0.2, 0.25) is 0 Å². The molecule has 0 aliphatic carbocycles. The second-order valence-corrected chi connectivity index (χ2v) is 5.32. The van der Waals surface area contributed by atoms with Crippen molar-refractivity contribution in [1.29, 1.82) is 0 Å². The van der Waals surface area contributed by atoms with E-state index in [9.17, 15) is 9.59 Å². The van der Waals surface area contributed by atoms with Crippen LogP contribution in [-0.2, 0) is 0 Å². The van der Waals surface area contributed by atoms with Crippen LogP contribution in [0.5, 0.6) is 0 Å². The Bertz CT molecular complexity index is 901. The van der Waals surface area contributed by atoms with Crippen LogP contribution in [0.25, 0.3) is 0 Å². The van der Waals surface area contributed by atoms with Crippen LogP contribution in [0, 0.1) is 6.92 Å². The number of aryl methyl sites for hydroxylation is 1. The molecule has 1 aromatic carbocycles. The standard InChI is InChI=1S/C17H15N5O3/c1-10-7-15(22-25-10)21-16-9-18-14(8-19-16)17(24)20-13-5-3-12(4-6-13)11(2)23/h3-9H,1-2H3,(H,20,24)(H,19,21,22). The molecule has 0 radical (unpaired) electrons. The number of nitrogens with zero attached hydrogens (tertiary/aromatic N) is 3. The van der Waals surface area contributed by atoms with Crippen molar-refractivity contribution in [3.05, 3.63) is 59.7 Å². The number of anilines is 3. The van der Waals surface area contributed by atoms with Crippen LogP contribution >= 0.6 is 0 Å². The number of rotatable bonds is 5. The smallest absolute Gasteiger partial charge is 0.275 e. The van der Waals surface area contributed by atoms with Crippen LogP contribution in [0.4, 0.5) is 17.3 Å². The van der Waals surface area contributed by atoms with Crippen molar-refractivity contribution >= 4 is 29.0 Å². The number of aromatic nitrogens is 3. The van der Waals surface area contributed by atoms with E-state index in [1.54, 1.807) is 37.3 Å². The van der Waals surface area contributed by atoms with E-state index in [4.69, 9.17) is 4.52 Å². The summed E-state index contributed by atoms with van der Waals surface area (Å²) in [6.07, 6.45) is 2.78. The summed E-state index contributed by atoms with van der Waals surface area (Å²) in [5.41, 5.74) is 1.31. The van der Waals surface area contributed by atoms with Gasteiger partial charge in [0.2, 0.25) is 0 Å². The third-order valence-electron chi connectivity index (χ3n) is 3.32. The summed E-state index contributed by atoms with van der Waals surface area (Å²) >= 11 is 0. The van der Waals surface area contributed by atoms with Crippen molar-refractivity contribution in [1.82, 2.24) is 15.1 Å². The van der Waals surface area contributed by atoms with Gasteiger partial charge in [0, 0.05) is 17.3 Å². The SMILES string of the molecule is CC(=O)c1ccc(NC(=O)c2cnc(Nc3cc(C)on3)cn2)cc1. The van der Waals surface area contributed by atoms with Gasteiger partial charge in [-0.3, -0.25) is 9.59 Å². The van der Waals surface area contributed by atoms with Crippen LogP contribution in [0.3, 0.4) is 0 Å². The first-order valence-electron chi connectivity index (χ1n) is 7.46. The van der Waals surface area contributed by atoms with Crippen molar-refractivity contribution < 1.29 is 14.1 Å². The average Bonchev–Trinajstić information content (AvgIpc) is 3.01. The molecule has 25 heavy (non-hydrogen) atoms. The summed E-state index contributed by atoms with van der Waals surface area (Å²) in [6, 6.07) is 8.33. The van der Waals surface area contributed by atoms with Crippen LogP contribution in [-0.4, -0.2) is 26.8 Å². The van der Waals surface area contributed by atoms with Gasteiger partial charge in [-0.05, 0) is 38.1 Å². The van der Waals surface area contributed by atoms with Gasteiger partial charge in [-0.25, -0.2) is 9.97 Å². The van der Waals surface area contributed by atoms with Gasteiger partial charge >= 0.3 is 0 Å². The van der Waals surface area contributed by atoms with Gasteiger partial charge in [-0.1, -0.05) is 5.16 Å². The van der Waals surface area contributed by atoms with E-state index in [0.717, 1.165) is 0 Å². The molecule has 2 N–H and O–H groups in total. The number of carbonyl (C=O) groups excluding carboxylic acids is 2. The van der Waals surface area contributed by atoms with Gasteiger partial charge in [0.15, 0.2) is 11.6 Å². The van der Waals surface area contributed by atoms with E-state index < -0.39 is 5.91 Å². The van der Waals surface area contributed by atoms with E-state index >= 15 is 0 Å². The quantitative estimate of drug-likeness (QED) is 0.689. The van der Waals surface area contributed by atoms with Crippen LogP contribution in [0.15, 0.2) is 47.2 Å². The highest BCUT2D eigenvalue weighted by Crippen LogP contribution is 2.14. The fraction of sp³-hybridized carbons (Fsp3) is 0.118. The molecule has 0 bridgehead atoms. The van der Waals surface area contributed by atoms with E-state index in [1.165, 1.54) is 19.3 Å². The molecular weight excluding hydrogens is 322 g/mol. The van der Waals surface area contributed by atoms with E-state index in [-0.39, 0.29) is 11.5 Å². The number of ketones is 1. The average molecular weight is 337 g/mol. The first-order valence-corrected chi connectivity index (χ1v) is 7.46. The van der Waals surface area contributed by atoms with Gasteiger partial charge in [-0.15, -0.1) is 0 Å². The third-order valence-corrected chi connectivity index (χ3v) is 3.32. The Morgan fingerprint density at radius 1 is 1.04 bits per heavy atom. The van der Waals surface area contributed by atoms with Crippen LogP contribution in [0.1, 0.15) is 33.5 Å². The maximum absolute atomic E-state index is 12.2. The zero-order chi connectivity index (χ0) is 17.8. The monoisotopic (exact) mass is 337 g/mol. The van der Waals surface area contributed by atoms with Crippen molar-refractivity contribution in [2.75, 3.05) is 10.6 Å². The molecule has 8 heteroatoms. The lowest BCUT2D eigenvalue weighted by Crippen LogP contribution is -2.14. The Labute approximate surface area is 143 Å². The van der Waals surface area contributed by atoms with Crippen molar-refractivity contribution in [3.63, 3.8) is 0 Å². The minimum absolute atomic E-state index is 0.0332. The highest BCUT2D eigenvalue weighted by atomic mass is 16.5. The van der Waals surface area contributed by atoms with Crippen molar-refractivity contribution in [3.8, 4) is 0 Å². The summed E-state index contributed by atoms with van der Waals surface area (Å²) in [7, 11) is 0. The molecule has 0 aliphatic heterocycles. The van der Waals surface area contributed by atoms with Gasteiger partial charge in [0.25, 0.3) is 5.91 Å². The lowest BCUT2D eigenvalue weighted by Gasteiger charge is -2.06. The lowest BCUT2D eigenvalue weighted by molar-refractivity contribution is 0.101. The van der Waals surface area contributed by atoms with Crippen LogP contribution < -0.4 is 10.6 Å². The Balaban J connectivity index is 1.65. The highest BCUT2D eigenvalue weighted by molar-refractivity contribution is 6.03. The Morgan fingerprint density at radius 3 is 2.36 bits per heavy atom. The zero-order valence-electron chi connectivity index (χ0n) is 13.6. The van der Waals surface area contributed by atoms with Crippen molar-refractivity contribution in [2.45, 2.75) is 13.8 Å². The minimum atomic E-state index is -0.396. The zero-order valence-corrected chi connectivity index (χ0v) is 13.6. The summed E-state index contributed by atoms with van der Waals surface area (Å²) in [5.74, 6) is 1.19. The van der Waals surface area contributed by atoms with E-state index in [2.05, 4.69) is 25.8 Å². The maximum Gasteiger partial charge on any atom is 0.275 e. The largest absolute Gasteiger partial charge is 0.360 e. The molecule has 2 heterocycles. The van der Waals surface area contributed by atoms with Gasteiger partial charge in [-0.2, -0.15) is 0 Å². The van der Waals surface area contributed by atoms with Gasteiger partial charge in [0.05, 0.1) is 12.4 Å². The number of benzene rings is 1. The molecule has 8 nitrogen and oxygen atoms in total. The predicted octanol–water partition coefficient (Wildman–Crippen LogP) is 2.97. The topological polar surface area (TPSA) is 110 Å². The molecule has 0 saturated carbocycles. The molecule has 0 spiro atoms. The molecule has 0 atom stereocenters. The second-order valence-electron chi connectivity index (χ2n) is 5.32. The molecule has 0 unspecified atom stereocenters. The van der Waals surface area contributed by atoms with Crippen molar-refractivity contribution in [2.24, 2.45) is 0 Å². The summed E-state index contributed by atoms with van der Waals surface area (Å²) in [5, 5.41) is 9.40. The number of carbonyl (C=O) groups is 2. The normalized spacial score (nSPS) is 10.3. The molecule has 126 valence electrons. The molecule has 0 fully saturated rings. The summed E-state index contributed by atoms with van der Waals surface area (Å²) in [6.45, 7) is 3.26. The fourth-order valence-corrected chi connectivity index (χ4v) is 2.05. The molecular formula is C17H15N5O3. The number of amides is 1.